The van der Waals surface area contributed by atoms with E-state index in [1.807, 2.05) is 43.3 Å². The molecular formula is C22H28Cl2N2O3. The fraction of sp³-hybridized carbons (Fsp3) is 0.455. The van der Waals surface area contributed by atoms with Gasteiger partial charge in [-0.05, 0) is 36.2 Å². The second kappa shape index (κ2) is 11.6. The molecule has 0 saturated carbocycles. The van der Waals surface area contributed by atoms with Gasteiger partial charge in [-0.25, -0.2) is 0 Å². The quantitative estimate of drug-likeness (QED) is 0.557. The first-order chi connectivity index (χ1) is 14.2. The topological polar surface area (TPSA) is 43.0 Å². The van der Waals surface area contributed by atoms with Gasteiger partial charge < -0.3 is 19.5 Å². The Balaban J connectivity index is 1.57. The van der Waals surface area contributed by atoms with Crippen LogP contribution in [-0.4, -0.2) is 50.9 Å². The molecule has 2 aromatic carbocycles. The molecule has 1 saturated heterocycles. The van der Waals surface area contributed by atoms with E-state index in [-0.39, 0.29) is 0 Å². The van der Waals surface area contributed by atoms with Crippen LogP contribution in [0.5, 0.6) is 11.5 Å². The average Bonchev–Trinajstić information content (AvgIpc) is 2.73. The third-order valence-electron chi connectivity index (χ3n) is 4.72. The predicted molar refractivity (Wildman–Crippen MR) is 117 cm³/mol. The fourth-order valence-corrected chi connectivity index (χ4v) is 3.60. The van der Waals surface area contributed by atoms with E-state index >= 15 is 0 Å². The molecule has 3 rings (SSSR count). The molecule has 1 N–H and O–H groups in total. The Morgan fingerprint density at radius 1 is 1.07 bits per heavy atom. The molecule has 0 aromatic heterocycles. The Morgan fingerprint density at radius 3 is 2.62 bits per heavy atom. The van der Waals surface area contributed by atoms with Crippen LogP contribution < -0.4 is 14.8 Å². The van der Waals surface area contributed by atoms with Gasteiger partial charge in [-0.1, -0.05) is 35.3 Å². The molecular weight excluding hydrogens is 411 g/mol. The van der Waals surface area contributed by atoms with Crippen molar-refractivity contribution in [3.63, 3.8) is 0 Å². The Bertz CT molecular complexity index is 783. The number of ether oxygens (including phenoxy) is 3. The van der Waals surface area contributed by atoms with E-state index in [1.165, 1.54) is 0 Å². The molecule has 0 bridgehead atoms. The van der Waals surface area contributed by atoms with Gasteiger partial charge in [-0.2, -0.15) is 0 Å². The first-order valence-corrected chi connectivity index (χ1v) is 10.7. The average molecular weight is 439 g/mol. The molecule has 0 amide bonds. The van der Waals surface area contributed by atoms with Crippen molar-refractivity contribution < 1.29 is 14.2 Å². The molecule has 2 aromatic rings. The highest BCUT2D eigenvalue weighted by Crippen LogP contribution is 2.34. The summed E-state index contributed by atoms with van der Waals surface area (Å²) >= 11 is 12.6. The molecule has 5 nitrogen and oxygen atoms in total. The lowest BCUT2D eigenvalue weighted by atomic mass is 10.2. The van der Waals surface area contributed by atoms with Gasteiger partial charge >= 0.3 is 0 Å². The van der Waals surface area contributed by atoms with Gasteiger partial charge in [-0.3, -0.25) is 4.90 Å². The number of hydrogen-bond donors (Lipinski definition) is 1. The first-order valence-electron chi connectivity index (χ1n) is 9.99. The van der Waals surface area contributed by atoms with Crippen molar-refractivity contribution in [2.45, 2.75) is 20.1 Å². The van der Waals surface area contributed by atoms with Crippen molar-refractivity contribution in [1.82, 2.24) is 10.2 Å². The van der Waals surface area contributed by atoms with Crippen LogP contribution in [0.25, 0.3) is 0 Å². The highest BCUT2D eigenvalue weighted by atomic mass is 35.5. The van der Waals surface area contributed by atoms with Crippen molar-refractivity contribution in [2.24, 2.45) is 0 Å². The van der Waals surface area contributed by atoms with E-state index in [0.717, 1.165) is 50.5 Å². The summed E-state index contributed by atoms with van der Waals surface area (Å²) in [6.45, 7) is 9.11. The summed E-state index contributed by atoms with van der Waals surface area (Å²) < 4.78 is 17.1. The maximum Gasteiger partial charge on any atom is 0.163 e. The van der Waals surface area contributed by atoms with Crippen molar-refractivity contribution in [3.05, 3.63) is 57.6 Å². The second-order valence-electron chi connectivity index (χ2n) is 6.87. The van der Waals surface area contributed by atoms with Gasteiger partial charge in [0, 0.05) is 48.8 Å². The Labute approximate surface area is 182 Å². The standard InChI is InChI=1S/C22H28Cl2N2O3/c1-2-28-21-13-18(15-25-6-7-26-8-10-27-11-9-26)20(24)14-22(21)29-16-17-4-3-5-19(23)12-17/h3-5,12-14,25H,2,6-11,15-16H2,1H3. The van der Waals surface area contributed by atoms with Crippen molar-refractivity contribution in [2.75, 3.05) is 46.0 Å². The van der Waals surface area contributed by atoms with Crippen molar-refractivity contribution >= 4 is 23.2 Å². The lowest BCUT2D eigenvalue weighted by Crippen LogP contribution is -2.40. The van der Waals surface area contributed by atoms with Gasteiger partial charge in [0.05, 0.1) is 19.8 Å². The van der Waals surface area contributed by atoms with E-state index in [0.29, 0.717) is 41.3 Å². The molecule has 0 unspecified atom stereocenters. The number of hydrogen-bond acceptors (Lipinski definition) is 5. The van der Waals surface area contributed by atoms with Crippen molar-refractivity contribution in [3.8, 4) is 11.5 Å². The normalized spacial score (nSPS) is 14.7. The zero-order chi connectivity index (χ0) is 20.5. The third kappa shape index (κ3) is 7.05. The number of rotatable bonds is 10. The minimum atomic E-state index is 0.397. The minimum Gasteiger partial charge on any atom is -0.490 e. The molecule has 1 fully saturated rings. The molecule has 0 radical (unpaired) electrons. The van der Waals surface area contributed by atoms with Crippen LogP contribution in [0.2, 0.25) is 10.0 Å². The third-order valence-corrected chi connectivity index (χ3v) is 5.31. The minimum absolute atomic E-state index is 0.397. The SMILES string of the molecule is CCOc1cc(CNCCN2CCOCC2)c(Cl)cc1OCc1cccc(Cl)c1. The second-order valence-corrected chi connectivity index (χ2v) is 7.72. The van der Waals surface area contributed by atoms with Gasteiger partial charge in [-0.15, -0.1) is 0 Å². The fourth-order valence-electron chi connectivity index (χ4n) is 3.17. The number of halogens is 2. The zero-order valence-corrected chi connectivity index (χ0v) is 18.3. The van der Waals surface area contributed by atoms with Crippen LogP contribution in [0.15, 0.2) is 36.4 Å². The summed E-state index contributed by atoms with van der Waals surface area (Å²) in [6, 6.07) is 11.4. The smallest absolute Gasteiger partial charge is 0.163 e. The largest absolute Gasteiger partial charge is 0.490 e. The zero-order valence-electron chi connectivity index (χ0n) is 16.8. The molecule has 0 atom stereocenters. The highest BCUT2D eigenvalue weighted by molar-refractivity contribution is 6.31. The maximum absolute atomic E-state index is 6.51. The maximum atomic E-state index is 6.51. The van der Waals surface area contributed by atoms with Gasteiger partial charge in [0.15, 0.2) is 11.5 Å². The number of morpholine rings is 1. The van der Waals surface area contributed by atoms with Gasteiger partial charge in [0.25, 0.3) is 0 Å². The lowest BCUT2D eigenvalue weighted by molar-refractivity contribution is 0.0384. The summed E-state index contributed by atoms with van der Waals surface area (Å²) in [5, 5.41) is 4.81. The number of benzene rings is 2. The van der Waals surface area contributed by atoms with Crippen molar-refractivity contribution in [1.29, 1.82) is 0 Å². The predicted octanol–water partition coefficient (Wildman–Crippen LogP) is 4.39. The van der Waals surface area contributed by atoms with E-state index in [2.05, 4.69) is 10.2 Å². The van der Waals surface area contributed by atoms with Crippen LogP contribution in [0.1, 0.15) is 18.1 Å². The summed E-state index contributed by atoms with van der Waals surface area (Å²) in [7, 11) is 0. The molecule has 1 aliphatic rings. The lowest BCUT2D eigenvalue weighted by Gasteiger charge is -2.26. The summed E-state index contributed by atoms with van der Waals surface area (Å²) in [5.74, 6) is 1.33. The molecule has 29 heavy (non-hydrogen) atoms. The molecule has 158 valence electrons. The molecule has 0 aliphatic carbocycles. The van der Waals surface area contributed by atoms with Crippen LogP contribution >= 0.6 is 23.2 Å². The van der Waals surface area contributed by atoms with Crippen LogP contribution in [0.3, 0.4) is 0 Å². The number of nitrogens with one attached hydrogen (secondary N) is 1. The first kappa shape index (κ1) is 22.2. The summed E-state index contributed by atoms with van der Waals surface area (Å²) in [6.07, 6.45) is 0. The monoisotopic (exact) mass is 438 g/mol. The molecule has 7 heteroatoms. The Kier molecular flexibility index (Phi) is 8.90. The van der Waals surface area contributed by atoms with E-state index < -0.39 is 0 Å². The van der Waals surface area contributed by atoms with Gasteiger partial charge in [0.2, 0.25) is 0 Å². The Morgan fingerprint density at radius 2 is 1.86 bits per heavy atom. The summed E-state index contributed by atoms with van der Waals surface area (Å²) in [5.41, 5.74) is 1.98. The summed E-state index contributed by atoms with van der Waals surface area (Å²) in [4.78, 5) is 2.40. The molecule has 1 heterocycles. The van der Waals surface area contributed by atoms with E-state index in [9.17, 15) is 0 Å². The van der Waals surface area contributed by atoms with Crippen LogP contribution in [0.4, 0.5) is 0 Å². The highest BCUT2D eigenvalue weighted by Gasteiger charge is 2.13. The van der Waals surface area contributed by atoms with E-state index in [4.69, 9.17) is 37.4 Å². The molecule has 0 spiro atoms. The van der Waals surface area contributed by atoms with Crippen LogP contribution in [-0.2, 0) is 17.9 Å². The Hall–Kier alpha value is -1.50. The van der Waals surface area contributed by atoms with Crippen LogP contribution in [0, 0.1) is 0 Å². The van der Waals surface area contributed by atoms with E-state index in [1.54, 1.807) is 0 Å². The molecule has 1 aliphatic heterocycles. The number of nitrogens with zero attached hydrogens (tertiary/aromatic N) is 1. The van der Waals surface area contributed by atoms with Gasteiger partial charge in [0.1, 0.15) is 6.61 Å².